The van der Waals surface area contributed by atoms with Gasteiger partial charge in [0.2, 0.25) is 0 Å². The normalized spacial score (nSPS) is 11.6. The van der Waals surface area contributed by atoms with Gasteiger partial charge < -0.3 is 14.8 Å². The molecule has 0 saturated heterocycles. The molecular weight excluding hydrogens is 372 g/mol. The summed E-state index contributed by atoms with van der Waals surface area (Å²) in [5, 5.41) is 12.1. The molecule has 0 spiro atoms. The van der Waals surface area contributed by atoms with Crippen molar-refractivity contribution < 1.29 is 14.3 Å². The SMILES string of the molecule is CCOC(=O)C(Nc1ccc(C#N)cc1)c1ccc(OCC(C)C)c(C)c1S. The quantitative estimate of drug-likeness (QED) is 0.488. The monoisotopic (exact) mass is 398 g/mol. The average Bonchev–Trinajstić information content (AvgIpc) is 2.68. The highest BCUT2D eigenvalue weighted by molar-refractivity contribution is 7.80. The number of rotatable bonds is 8. The summed E-state index contributed by atoms with van der Waals surface area (Å²) in [5.74, 6) is 0.772. The first kappa shape index (κ1) is 21.6. The molecule has 148 valence electrons. The molecule has 1 atom stereocenters. The van der Waals surface area contributed by atoms with E-state index in [0.29, 0.717) is 34.2 Å². The molecule has 0 aromatic heterocycles. The Hall–Kier alpha value is -2.65. The van der Waals surface area contributed by atoms with Gasteiger partial charge >= 0.3 is 5.97 Å². The fourth-order valence-electron chi connectivity index (χ4n) is 2.65. The number of anilines is 1. The lowest BCUT2D eigenvalue weighted by Crippen LogP contribution is -2.24. The zero-order valence-corrected chi connectivity index (χ0v) is 17.5. The summed E-state index contributed by atoms with van der Waals surface area (Å²) in [5.41, 5.74) is 2.84. The van der Waals surface area contributed by atoms with Crippen molar-refractivity contribution in [3.05, 3.63) is 53.1 Å². The lowest BCUT2D eigenvalue weighted by atomic mass is 10.0. The van der Waals surface area contributed by atoms with Crippen molar-refractivity contribution in [2.75, 3.05) is 18.5 Å². The van der Waals surface area contributed by atoms with Crippen LogP contribution in [-0.2, 0) is 9.53 Å². The van der Waals surface area contributed by atoms with Crippen LogP contribution < -0.4 is 10.1 Å². The van der Waals surface area contributed by atoms with E-state index in [0.717, 1.165) is 11.3 Å². The number of hydrogen-bond donors (Lipinski definition) is 2. The Labute approximate surface area is 172 Å². The molecule has 0 radical (unpaired) electrons. The Bertz CT molecular complexity index is 857. The fraction of sp³-hybridized carbons (Fsp3) is 0.364. The first-order valence-electron chi connectivity index (χ1n) is 9.26. The number of nitriles is 1. The van der Waals surface area contributed by atoms with Gasteiger partial charge in [-0.25, -0.2) is 4.79 Å². The van der Waals surface area contributed by atoms with Gasteiger partial charge in [-0.3, -0.25) is 0 Å². The third-order valence-corrected chi connectivity index (χ3v) is 4.74. The topological polar surface area (TPSA) is 71.3 Å². The minimum atomic E-state index is -0.724. The predicted octanol–water partition coefficient (Wildman–Crippen LogP) is 4.91. The van der Waals surface area contributed by atoms with Gasteiger partial charge in [0, 0.05) is 16.1 Å². The number of nitrogens with one attached hydrogen (secondary N) is 1. The number of esters is 1. The van der Waals surface area contributed by atoms with Crippen molar-refractivity contribution in [2.24, 2.45) is 5.92 Å². The highest BCUT2D eigenvalue weighted by Crippen LogP contribution is 2.33. The number of nitrogens with zero attached hydrogens (tertiary/aromatic N) is 1. The summed E-state index contributed by atoms with van der Waals surface area (Å²) in [6.45, 7) is 8.75. The van der Waals surface area contributed by atoms with E-state index in [1.807, 2.05) is 19.1 Å². The third kappa shape index (κ3) is 5.43. The molecule has 0 aliphatic carbocycles. The second kappa shape index (κ2) is 10.0. The average molecular weight is 399 g/mol. The van der Waals surface area contributed by atoms with Crippen LogP contribution in [0.25, 0.3) is 0 Å². The molecule has 0 saturated carbocycles. The number of thiol groups is 1. The van der Waals surface area contributed by atoms with Crippen molar-refractivity contribution in [1.29, 1.82) is 5.26 Å². The maximum Gasteiger partial charge on any atom is 0.333 e. The minimum Gasteiger partial charge on any atom is -0.493 e. The van der Waals surface area contributed by atoms with Crippen LogP contribution in [0.3, 0.4) is 0 Å². The van der Waals surface area contributed by atoms with Gasteiger partial charge in [-0.15, -0.1) is 12.6 Å². The van der Waals surface area contributed by atoms with E-state index < -0.39 is 12.0 Å². The molecular formula is C22H26N2O3S. The van der Waals surface area contributed by atoms with Crippen molar-refractivity contribution >= 4 is 24.3 Å². The van der Waals surface area contributed by atoms with Gasteiger partial charge in [0.15, 0.2) is 6.04 Å². The molecule has 2 rings (SSSR count). The number of hydrogen-bond acceptors (Lipinski definition) is 6. The molecule has 0 heterocycles. The van der Waals surface area contributed by atoms with Crippen molar-refractivity contribution in [2.45, 2.75) is 38.6 Å². The Morgan fingerprint density at radius 3 is 2.46 bits per heavy atom. The summed E-state index contributed by atoms with van der Waals surface area (Å²) in [6, 6.07) is 12.0. The zero-order valence-electron chi connectivity index (χ0n) is 16.7. The molecule has 0 fully saturated rings. The van der Waals surface area contributed by atoms with Crippen molar-refractivity contribution in [1.82, 2.24) is 0 Å². The molecule has 28 heavy (non-hydrogen) atoms. The molecule has 1 unspecified atom stereocenters. The zero-order chi connectivity index (χ0) is 20.7. The van der Waals surface area contributed by atoms with Gasteiger partial charge in [0.1, 0.15) is 5.75 Å². The standard InChI is InChI=1S/C22H26N2O3S/c1-5-26-22(25)20(24-17-8-6-16(12-23)7-9-17)18-10-11-19(15(4)21(18)28)27-13-14(2)3/h6-11,14,20,24,28H,5,13H2,1-4H3. The van der Waals surface area contributed by atoms with Crippen LogP contribution in [0.4, 0.5) is 5.69 Å². The summed E-state index contributed by atoms with van der Waals surface area (Å²) < 4.78 is 11.1. The lowest BCUT2D eigenvalue weighted by molar-refractivity contribution is -0.144. The molecule has 0 aliphatic heterocycles. The number of carbonyl (C=O) groups is 1. The summed E-state index contributed by atoms with van der Waals surface area (Å²) in [7, 11) is 0. The van der Waals surface area contributed by atoms with E-state index in [1.54, 1.807) is 31.2 Å². The van der Waals surface area contributed by atoms with Crippen LogP contribution in [0.15, 0.2) is 41.3 Å². The first-order chi connectivity index (χ1) is 13.4. The highest BCUT2D eigenvalue weighted by Gasteiger charge is 2.25. The number of carbonyl (C=O) groups excluding carboxylic acids is 1. The van der Waals surface area contributed by atoms with E-state index in [2.05, 4.69) is 37.9 Å². The first-order valence-corrected chi connectivity index (χ1v) is 9.70. The smallest absolute Gasteiger partial charge is 0.333 e. The summed E-state index contributed by atoms with van der Waals surface area (Å²) in [6.07, 6.45) is 0. The third-order valence-electron chi connectivity index (χ3n) is 4.14. The van der Waals surface area contributed by atoms with Gasteiger partial charge in [-0.2, -0.15) is 5.26 Å². The van der Waals surface area contributed by atoms with Crippen LogP contribution in [0.1, 0.15) is 43.5 Å². The molecule has 0 bridgehead atoms. The highest BCUT2D eigenvalue weighted by atomic mass is 32.1. The number of benzene rings is 2. The van der Waals surface area contributed by atoms with E-state index >= 15 is 0 Å². The van der Waals surface area contributed by atoms with Crippen LogP contribution >= 0.6 is 12.6 Å². The van der Waals surface area contributed by atoms with Gasteiger partial charge in [0.25, 0.3) is 0 Å². The summed E-state index contributed by atoms with van der Waals surface area (Å²) >= 11 is 4.65. The maximum absolute atomic E-state index is 12.6. The van der Waals surface area contributed by atoms with Crippen molar-refractivity contribution in [3.8, 4) is 11.8 Å². The van der Waals surface area contributed by atoms with Crippen molar-refractivity contribution in [3.63, 3.8) is 0 Å². The molecule has 1 N–H and O–H groups in total. The Balaban J connectivity index is 2.35. The van der Waals surface area contributed by atoms with Gasteiger partial charge in [-0.1, -0.05) is 19.9 Å². The minimum absolute atomic E-state index is 0.279. The molecule has 5 nitrogen and oxygen atoms in total. The molecule has 2 aromatic carbocycles. The molecule has 6 heteroatoms. The summed E-state index contributed by atoms with van der Waals surface area (Å²) in [4.78, 5) is 13.3. The van der Waals surface area contributed by atoms with Crippen LogP contribution in [0.2, 0.25) is 0 Å². The van der Waals surface area contributed by atoms with Gasteiger partial charge in [0.05, 0.1) is 24.8 Å². The molecule has 0 amide bonds. The fourth-order valence-corrected chi connectivity index (χ4v) is 2.96. The van der Waals surface area contributed by atoms with E-state index in [1.165, 1.54) is 0 Å². The Morgan fingerprint density at radius 2 is 1.89 bits per heavy atom. The molecule has 0 aliphatic rings. The second-order valence-electron chi connectivity index (χ2n) is 6.85. The lowest BCUT2D eigenvalue weighted by Gasteiger charge is -2.22. The van der Waals surface area contributed by atoms with E-state index in [-0.39, 0.29) is 6.61 Å². The van der Waals surface area contributed by atoms with E-state index in [9.17, 15) is 4.79 Å². The second-order valence-corrected chi connectivity index (χ2v) is 7.30. The van der Waals surface area contributed by atoms with Crippen LogP contribution in [-0.4, -0.2) is 19.2 Å². The van der Waals surface area contributed by atoms with Gasteiger partial charge in [-0.05, 0) is 55.7 Å². The Morgan fingerprint density at radius 1 is 1.21 bits per heavy atom. The van der Waals surface area contributed by atoms with Crippen LogP contribution in [0, 0.1) is 24.2 Å². The van der Waals surface area contributed by atoms with E-state index in [4.69, 9.17) is 14.7 Å². The largest absolute Gasteiger partial charge is 0.493 e. The molecule has 2 aromatic rings. The predicted molar refractivity (Wildman–Crippen MR) is 113 cm³/mol. The number of ether oxygens (including phenoxy) is 2. The van der Waals surface area contributed by atoms with Crippen LogP contribution in [0.5, 0.6) is 5.75 Å². The Kier molecular flexibility index (Phi) is 7.77. The maximum atomic E-state index is 12.6.